The lowest BCUT2D eigenvalue weighted by atomic mass is 9.98. The molecule has 5 nitrogen and oxygen atoms in total. The summed E-state index contributed by atoms with van der Waals surface area (Å²) < 4.78 is 0. The van der Waals surface area contributed by atoms with Crippen LogP contribution in [0.5, 0.6) is 0 Å². The molecule has 2 N–H and O–H groups in total. The summed E-state index contributed by atoms with van der Waals surface area (Å²) in [5.74, 6) is -0.175. The minimum Gasteiger partial charge on any atom is -0.391 e. The van der Waals surface area contributed by atoms with Crippen molar-refractivity contribution in [2.45, 2.75) is 63.8 Å². The van der Waals surface area contributed by atoms with Gasteiger partial charge < -0.3 is 15.3 Å². The van der Waals surface area contributed by atoms with E-state index in [1.807, 2.05) is 67.6 Å². The van der Waals surface area contributed by atoms with E-state index < -0.39 is 12.1 Å². The van der Waals surface area contributed by atoms with Crippen molar-refractivity contribution in [3.8, 4) is 0 Å². The first-order chi connectivity index (χ1) is 14.1. The van der Waals surface area contributed by atoms with Crippen LogP contribution in [0, 0.1) is 0 Å². The lowest BCUT2D eigenvalue weighted by molar-refractivity contribution is -0.136. The van der Waals surface area contributed by atoms with Gasteiger partial charge in [-0.3, -0.25) is 9.59 Å². The Morgan fingerprint density at radius 2 is 1.72 bits per heavy atom. The summed E-state index contributed by atoms with van der Waals surface area (Å²) in [5, 5.41) is 13.7. The van der Waals surface area contributed by atoms with Crippen LogP contribution in [-0.4, -0.2) is 40.0 Å². The highest BCUT2D eigenvalue weighted by Gasteiger charge is 2.37. The molecule has 2 amide bonds. The van der Waals surface area contributed by atoms with Gasteiger partial charge in [0, 0.05) is 13.0 Å². The summed E-state index contributed by atoms with van der Waals surface area (Å²) in [5.41, 5.74) is 2.07. The Morgan fingerprint density at radius 1 is 1.10 bits per heavy atom. The van der Waals surface area contributed by atoms with E-state index in [1.54, 1.807) is 4.90 Å². The number of likely N-dealkylation sites (tertiary alicyclic amines) is 1. The molecule has 0 aromatic heterocycles. The zero-order valence-electron chi connectivity index (χ0n) is 17.0. The Balaban J connectivity index is 1.70. The molecule has 1 aliphatic rings. The maximum absolute atomic E-state index is 13.1. The van der Waals surface area contributed by atoms with Gasteiger partial charge in [0.05, 0.1) is 12.1 Å². The molecule has 3 atom stereocenters. The van der Waals surface area contributed by atoms with Crippen LogP contribution in [0.4, 0.5) is 0 Å². The van der Waals surface area contributed by atoms with E-state index in [2.05, 4.69) is 5.32 Å². The van der Waals surface area contributed by atoms with Crippen LogP contribution in [0.3, 0.4) is 0 Å². The fourth-order valence-electron chi connectivity index (χ4n) is 3.91. The summed E-state index contributed by atoms with van der Waals surface area (Å²) in [6.07, 6.45) is 2.29. The van der Waals surface area contributed by atoms with Crippen molar-refractivity contribution in [2.24, 2.45) is 0 Å². The second kappa shape index (κ2) is 10.2. The third-order valence-corrected chi connectivity index (χ3v) is 5.50. The van der Waals surface area contributed by atoms with E-state index in [4.69, 9.17) is 0 Å². The topological polar surface area (TPSA) is 69.6 Å². The van der Waals surface area contributed by atoms with Gasteiger partial charge in [-0.15, -0.1) is 0 Å². The van der Waals surface area contributed by atoms with Crippen LogP contribution in [0.15, 0.2) is 60.7 Å². The fourth-order valence-corrected chi connectivity index (χ4v) is 3.91. The van der Waals surface area contributed by atoms with Crippen molar-refractivity contribution in [1.82, 2.24) is 10.2 Å². The highest BCUT2D eigenvalue weighted by atomic mass is 16.3. The molecule has 0 saturated carbocycles. The minimum absolute atomic E-state index is 0.00252. The number of nitrogens with zero attached hydrogens (tertiary/aromatic N) is 1. The van der Waals surface area contributed by atoms with Crippen LogP contribution < -0.4 is 5.32 Å². The molecule has 1 fully saturated rings. The lowest BCUT2D eigenvalue weighted by Gasteiger charge is -2.29. The Hall–Kier alpha value is -2.66. The van der Waals surface area contributed by atoms with Crippen molar-refractivity contribution < 1.29 is 14.7 Å². The molecule has 2 unspecified atom stereocenters. The normalized spacial score (nSPS) is 18.5. The van der Waals surface area contributed by atoms with Crippen molar-refractivity contribution >= 4 is 11.8 Å². The Labute approximate surface area is 172 Å². The van der Waals surface area contributed by atoms with E-state index in [0.29, 0.717) is 32.2 Å². The van der Waals surface area contributed by atoms with E-state index in [1.165, 1.54) is 0 Å². The number of aliphatic hydroxyl groups is 1. The molecule has 154 valence electrons. The average Bonchev–Trinajstić information content (AvgIpc) is 3.09. The Morgan fingerprint density at radius 3 is 2.34 bits per heavy atom. The van der Waals surface area contributed by atoms with E-state index in [0.717, 1.165) is 17.5 Å². The first-order valence-electron chi connectivity index (χ1n) is 10.4. The van der Waals surface area contributed by atoms with Crippen LogP contribution in [0.25, 0.3) is 0 Å². The maximum Gasteiger partial charge on any atom is 0.243 e. The predicted octanol–water partition coefficient (Wildman–Crippen LogP) is 3.07. The maximum atomic E-state index is 13.1. The standard InChI is InChI=1S/C24H30N2O3/c1-2-9-22(27)20(16-18-10-5-3-6-11-18)25-24(29)21-14-15-23(28)26(21)17-19-12-7-4-8-13-19/h3-8,10-13,20-22,27H,2,9,14-17H2,1H3,(H,25,29)/t20?,21-,22?/m1/s1. The molecule has 1 heterocycles. The van der Waals surface area contributed by atoms with Crippen LogP contribution in [0.1, 0.15) is 43.7 Å². The Kier molecular flexibility index (Phi) is 7.42. The van der Waals surface area contributed by atoms with Gasteiger partial charge in [-0.25, -0.2) is 0 Å². The number of aliphatic hydroxyl groups excluding tert-OH is 1. The van der Waals surface area contributed by atoms with E-state index in [-0.39, 0.29) is 17.9 Å². The van der Waals surface area contributed by atoms with Gasteiger partial charge in [0.2, 0.25) is 11.8 Å². The molecular weight excluding hydrogens is 364 g/mol. The molecule has 0 aliphatic carbocycles. The van der Waals surface area contributed by atoms with Gasteiger partial charge in [0.1, 0.15) is 6.04 Å². The molecule has 0 radical (unpaired) electrons. The molecular formula is C24H30N2O3. The molecule has 1 aliphatic heterocycles. The number of nitrogens with one attached hydrogen (secondary N) is 1. The number of rotatable bonds is 9. The summed E-state index contributed by atoms with van der Waals surface area (Å²) >= 11 is 0. The molecule has 0 spiro atoms. The number of carbonyl (C=O) groups excluding carboxylic acids is 2. The second-order valence-corrected chi connectivity index (χ2v) is 7.72. The number of amides is 2. The third kappa shape index (κ3) is 5.67. The minimum atomic E-state index is -0.621. The second-order valence-electron chi connectivity index (χ2n) is 7.72. The molecule has 29 heavy (non-hydrogen) atoms. The molecule has 2 aromatic rings. The van der Waals surface area contributed by atoms with Crippen molar-refractivity contribution in [1.29, 1.82) is 0 Å². The van der Waals surface area contributed by atoms with Crippen LogP contribution in [0.2, 0.25) is 0 Å². The zero-order valence-corrected chi connectivity index (χ0v) is 17.0. The summed E-state index contributed by atoms with van der Waals surface area (Å²) in [7, 11) is 0. The molecule has 2 aromatic carbocycles. The van der Waals surface area contributed by atoms with E-state index in [9.17, 15) is 14.7 Å². The third-order valence-electron chi connectivity index (χ3n) is 5.50. The van der Waals surface area contributed by atoms with Gasteiger partial charge in [-0.05, 0) is 30.4 Å². The van der Waals surface area contributed by atoms with Gasteiger partial charge in [0.15, 0.2) is 0 Å². The number of carbonyl (C=O) groups is 2. The largest absolute Gasteiger partial charge is 0.391 e. The van der Waals surface area contributed by atoms with Crippen molar-refractivity contribution in [3.63, 3.8) is 0 Å². The number of hydrogen-bond acceptors (Lipinski definition) is 3. The summed E-state index contributed by atoms with van der Waals surface area (Å²) in [6, 6.07) is 18.7. The van der Waals surface area contributed by atoms with E-state index >= 15 is 0 Å². The van der Waals surface area contributed by atoms with Gasteiger partial charge >= 0.3 is 0 Å². The molecule has 3 rings (SSSR count). The highest BCUT2D eigenvalue weighted by Crippen LogP contribution is 2.22. The fraction of sp³-hybridized carbons (Fsp3) is 0.417. The zero-order chi connectivity index (χ0) is 20.6. The van der Waals surface area contributed by atoms with Gasteiger partial charge in [-0.2, -0.15) is 0 Å². The summed E-state index contributed by atoms with van der Waals surface area (Å²) in [4.78, 5) is 27.2. The summed E-state index contributed by atoms with van der Waals surface area (Å²) in [6.45, 7) is 2.44. The lowest BCUT2D eigenvalue weighted by Crippen LogP contribution is -2.51. The molecule has 0 bridgehead atoms. The first-order valence-corrected chi connectivity index (χ1v) is 10.4. The first kappa shape index (κ1) is 21.1. The smallest absolute Gasteiger partial charge is 0.243 e. The van der Waals surface area contributed by atoms with Crippen molar-refractivity contribution in [2.75, 3.05) is 0 Å². The van der Waals surface area contributed by atoms with Crippen molar-refractivity contribution in [3.05, 3.63) is 71.8 Å². The van der Waals surface area contributed by atoms with Gasteiger partial charge in [-0.1, -0.05) is 74.0 Å². The van der Waals surface area contributed by atoms with Crippen LogP contribution in [-0.2, 0) is 22.6 Å². The SMILES string of the molecule is CCCC(O)C(Cc1ccccc1)NC(=O)[C@H]1CCC(=O)N1Cc1ccccc1. The Bertz CT molecular complexity index is 794. The quantitative estimate of drug-likeness (QED) is 0.687. The number of hydrogen-bond donors (Lipinski definition) is 2. The predicted molar refractivity (Wildman–Crippen MR) is 113 cm³/mol. The molecule has 1 saturated heterocycles. The monoisotopic (exact) mass is 394 g/mol. The molecule has 5 heteroatoms. The number of benzene rings is 2. The van der Waals surface area contributed by atoms with Gasteiger partial charge in [0.25, 0.3) is 0 Å². The highest BCUT2D eigenvalue weighted by molar-refractivity contribution is 5.91. The average molecular weight is 395 g/mol. The van der Waals surface area contributed by atoms with Crippen LogP contribution >= 0.6 is 0 Å².